The van der Waals surface area contributed by atoms with Crippen LogP contribution in [0.2, 0.25) is 0 Å². The second-order valence-corrected chi connectivity index (χ2v) is 3.96. The summed E-state index contributed by atoms with van der Waals surface area (Å²) in [7, 11) is 0. The largest absolute Gasteiger partial charge is 0.458 e. The van der Waals surface area contributed by atoms with E-state index >= 15 is 0 Å². The van der Waals surface area contributed by atoms with Crippen LogP contribution in [-0.4, -0.2) is 5.11 Å². The van der Waals surface area contributed by atoms with Crippen LogP contribution in [0.3, 0.4) is 0 Å². The molecule has 18 heavy (non-hydrogen) atoms. The third kappa shape index (κ3) is 2.56. The van der Waals surface area contributed by atoms with Gasteiger partial charge in [-0.3, -0.25) is 0 Å². The van der Waals surface area contributed by atoms with Crippen molar-refractivity contribution in [2.24, 2.45) is 0 Å². The molecule has 1 N–H and O–H groups in total. The van der Waals surface area contributed by atoms with Gasteiger partial charge in [0.05, 0.1) is 5.56 Å². The molecule has 0 aliphatic rings. The predicted molar refractivity (Wildman–Crippen MR) is 59.8 cm³/mol. The van der Waals surface area contributed by atoms with Gasteiger partial charge in [0.15, 0.2) is 0 Å². The van der Waals surface area contributed by atoms with E-state index in [0.29, 0.717) is 17.1 Å². The Hall–Kier alpha value is -1.75. The van der Waals surface area contributed by atoms with E-state index in [1.54, 1.807) is 6.07 Å². The summed E-state index contributed by atoms with van der Waals surface area (Å²) in [6, 6.07) is 7.95. The van der Waals surface area contributed by atoms with Crippen molar-refractivity contribution in [3.8, 4) is 11.3 Å². The maximum absolute atomic E-state index is 12.5. The normalized spacial score (nSPS) is 13.6. The van der Waals surface area contributed by atoms with Crippen molar-refractivity contribution < 1.29 is 22.7 Å². The molecule has 1 aromatic heterocycles. The molecular weight excluding hydrogens is 245 g/mol. The highest BCUT2D eigenvalue weighted by Gasteiger charge is 2.30. The van der Waals surface area contributed by atoms with Crippen LogP contribution < -0.4 is 0 Å². The number of halogens is 3. The zero-order valence-corrected chi connectivity index (χ0v) is 9.53. The van der Waals surface area contributed by atoms with E-state index in [1.165, 1.54) is 25.1 Å². The van der Waals surface area contributed by atoms with Gasteiger partial charge in [-0.15, -0.1) is 0 Å². The highest BCUT2D eigenvalue weighted by molar-refractivity contribution is 5.59. The van der Waals surface area contributed by atoms with Gasteiger partial charge in [0.1, 0.15) is 17.6 Å². The Morgan fingerprint density at radius 1 is 1.17 bits per heavy atom. The molecule has 0 aliphatic heterocycles. The number of hydrogen-bond acceptors (Lipinski definition) is 2. The third-order valence-electron chi connectivity index (χ3n) is 2.51. The second kappa shape index (κ2) is 4.49. The van der Waals surface area contributed by atoms with Crippen LogP contribution in [0.15, 0.2) is 40.8 Å². The molecule has 0 saturated heterocycles. The first-order chi connectivity index (χ1) is 8.38. The van der Waals surface area contributed by atoms with E-state index in [2.05, 4.69) is 0 Å². The predicted octanol–water partition coefficient (Wildman–Crippen LogP) is 4.02. The Bertz CT molecular complexity index is 541. The number of rotatable bonds is 2. The SMILES string of the molecule is CC(O)c1ccc(-c2cccc(C(F)(F)F)c2)o1. The average molecular weight is 256 g/mol. The first-order valence-corrected chi connectivity index (χ1v) is 5.33. The number of aliphatic hydroxyl groups excluding tert-OH is 1. The minimum atomic E-state index is -4.38. The van der Waals surface area contributed by atoms with Gasteiger partial charge in [-0.05, 0) is 31.2 Å². The fraction of sp³-hybridized carbons (Fsp3) is 0.231. The molecule has 1 unspecified atom stereocenters. The van der Waals surface area contributed by atoms with Gasteiger partial charge in [-0.1, -0.05) is 12.1 Å². The van der Waals surface area contributed by atoms with Crippen molar-refractivity contribution in [3.63, 3.8) is 0 Å². The topological polar surface area (TPSA) is 33.4 Å². The maximum atomic E-state index is 12.5. The summed E-state index contributed by atoms with van der Waals surface area (Å²) in [4.78, 5) is 0. The highest BCUT2D eigenvalue weighted by atomic mass is 19.4. The molecule has 0 amide bonds. The van der Waals surface area contributed by atoms with E-state index in [-0.39, 0.29) is 0 Å². The van der Waals surface area contributed by atoms with Gasteiger partial charge >= 0.3 is 6.18 Å². The molecule has 1 aromatic carbocycles. The molecule has 0 aliphatic carbocycles. The number of alkyl halides is 3. The Morgan fingerprint density at radius 2 is 1.89 bits per heavy atom. The van der Waals surface area contributed by atoms with E-state index in [1.807, 2.05) is 0 Å². The smallest absolute Gasteiger partial charge is 0.416 e. The number of furan rings is 1. The van der Waals surface area contributed by atoms with Gasteiger partial charge in [0.2, 0.25) is 0 Å². The summed E-state index contributed by atoms with van der Waals surface area (Å²) in [5.74, 6) is 0.624. The van der Waals surface area contributed by atoms with Crippen molar-refractivity contribution in [2.45, 2.75) is 19.2 Å². The minimum absolute atomic E-state index is 0.303. The first-order valence-electron chi connectivity index (χ1n) is 5.33. The molecule has 0 spiro atoms. The average Bonchev–Trinajstić information content (AvgIpc) is 2.77. The van der Waals surface area contributed by atoms with E-state index in [0.717, 1.165) is 12.1 Å². The standard InChI is InChI=1S/C13H11F3O2/c1-8(17)11-5-6-12(18-11)9-3-2-4-10(7-9)13(14,15)16/h2-8,17H,1H3. The number of benzene rings is 1. The zero-order chi connectivity index (χ0) is 13.3. The van der Waals surface area contributed by atoms with Crippen molar-refractivity contribution in [1.82, 2.24) is 0 Å². The van der Waals surface area contributed by atoms with Gasteiger partial charge in [0.25, 0.3) is 0 Å². The molecule has 1 heterocycles. The lowest BCUT2D eigenvalue weighted by Crippen LogP contribution is -2.04. The number of aliphatic hydroxyl groups is 1. The van der Waals surface area contributed by atoms with Gasteiger partial charge in [-0.25, -0.2) is 0 Å². The summed E-state index contributed by atoms with van der Waals surface area (Å²) in [6.07, 6.45) is -5.17. The third-order valence-corrected chi connectivity index (χ3v) is 2.51. The lowest BCUT2D eigenvalue weighted by atomic mass is 10.1. The molecule has 0 radical (unpaired) electrons. The monoisotopic (exact) mass is 256 g/mol. The minimum Gasteiger partial charge on any atom is -0.458 e. The molecule has 0 fully saturated rings. The fourth-order valence-corrected chi connectivity index (χ4v) is 1.58. The Balaban J connectivity index is 2.38. The van der Waals surface area contributed by atoms with Crippen LogP contribution in [0.5, 0.6) is 0 Å². The van der Waals surface area contributed by atoms with Crippen LogP contribution in [0.4, 0.5) is 13.2 Å². The summed E-state index contributed by atoms with van der Waals surface area (Å²) < 4.78 is 42.9. The van der Waals surface area contributed by atoms with Crippen molar-refractivity contribution in [3.05, 3.63) is 47.7 Å². The van der Waals surface area contributed by atoms with Crippen LogP contribution in [0.25, 0.3) is 11.3 Å². The molecular formula is C13H11F3O2. The molecule has 1 atom stereocenters. The fourth-order valence-electron chi connectivity index (χ4n) is 1.58. The Kier molecular flexibility index (Phi) is 3.17. The van der Waals surface area contributed by atoms with Crippen LogP contribution in [0, 0.1) is 0 Å². The van der Waals surface area contributed by atoms with Crippen molar-refractivity contribution in [2.75, 3.05) is 0 Å². The Morgan fingerprint density at radius 3 is 2.44 bits per heavy atom. The molecule has 2 aromatic rings. The lowest BCUT2D eigenvalue weighted by molar-refractivity contribution is -0.137. The summed E-state index contributed by atoms with van der Waals surface area (Å²) in [6.45, 7) is 1.52. The Labute approximate surface area is 102 Å². The molecule has 5 heteroatoms. The van der Waals surface area contributed by atoms with E-state index in [4.69, 9.17) is 4.42 Å². The van der Waals surface area contributed by atoms with Crippen LogP contribution in [-0.2, 0) is 6.18 Å². The van der Waals surface area contributed by atoms with E-state index in [9.17, 15) is 18.3 Å². The molecule has 0 bridgehead atoms. The second-order valence-electron chi connectivity index (χ2n) is 3.96. The van der Waals surface area contributed by atoms with Crippen LogP contribution in [0.1, 0.15) is 24.4 Å². The lowest BCUT2D eigenvalue weighted by Gasteiger charge is -2.07. The zero-order valence-electron chi connectivity index (χ0n) is 9.53. The summed E-state index contributed by atoms with van der Waals surface area (Å²) in [5, 5.41) is 9.29. The first kappa shape index (κ1) is 12.7. The molecule has 96 valence electrons. The van der Waals surface area contributed by atoms with Gasteiger partial charge < -0.3 is 9.52 Å². The summed E-state index contributed by atoms with van der Waals surface area (Å²) >= 11 is 0. The van der Waals surface area contributed by atoms with Gasteiger partial charge in [0, 0.05) is 5.56 Å². The quantitative estimate of drug-likeness (QED) is 0.880. The summed E-state index contributed by atoms with van der Waals surface area (Å²) in [5.41, 5.74) is -0.397. The molecule has 2 nitrogen and oxygen atoms in total. The van der Waals surface area contributed by atoms with E-state index < -0.39 is 17.8 Å². The molecule has 2 rings (SSSR count). The highest BCUT2D eigenvalue weighted by Crippen LogP contribution is 2.33. The van der Waals surface area contributed by atoms with Crippen LogP contribution >= 0.6 is 0 Å². The maximum Gasteiger partial charge on any atom is 0.416 e. The molecule has 0 saturated carbocycles. The van der Waals surface area contributed by atoms with Crippen molar-refractivity contribution >= 4 is 0 Å². The van der Waals surface area contributed by atoms with Crippen molar-refractivity contribution in [1.29, 1.82) is 0 Å². The number of hydrogen-bond donors (Lipinski definition) is 1. The van der Waals surface area contributed by atoms with Gasteiger partial charge in [-0.2, -0.15) is 13.2 Å².